The first-order valence-electron chi connectivity index (χ1n) is 8.58. The van der Waals surface area contributed by atoms with Crippen LogP contribution in [-0.2, 0) is 4.74 Å². The number of aromatic nitrogens is 2. The average molecular weight is 377 g/mol. The van der Waals surface area contributed by atoms with E-state index < -0.39 is 0 Å². The van der Waals surface area contributed by atoms with Crippen molar-refractivity contribution in [2.75, 3.05) is 44.7 Å². The van der Waals surface area contributed by atoms with E-state index in [1.165, 1.54) is 10.5 Å². The van der Waals surface area contributed by atoms with Crippen LogP contribution in [0.3, 0.4) is 0 Å². The van der Waals surface area contributed by atoms with Crippen LogP contribution >= 0.6 is 23.4 Å². The molecule has 1 aromatic heterocycles. The Balaban J connectivity index is 1.51. The second kappa shape index (κ2) is 7.50. The van der Waals surface area contributed by atoms with E-state index in [4.69, 9.17) is 21.3 Å². The first kappa shape index (κ1) is 17.1. The fourth-order valence-corrected chi connectivity index (χ4v) is 4.47. The van der Waals surface area contributed by atoms with Gasteiger partial charge in [-0.25, -0.2) is 9.97 Å². The van der Waals surface area contributed by atoms with Crippen molar-refractivity contribution in [3.05, 3.63) is 35.0 Å². The molecule has 7 heteroatoms. The van der Waals surface area contributed by atoms with Crippen LogP contribution in [0.5, 0.6) is 0 Å². The zero-order chi connectivity index (χ0) is 17.2. The normalized spacial score (nSPS) is 20.0. The van der Waals surface area contributed by atoms with Crippen molar-refractivity contribution in [1.29, 1.82) is 0 Å². The molecule has 1 saturated heterocycles. The molecule has 1 N–H and O–H groups in total. The highest BCUT2D eigenvalue weighted by Gasteiger charge is 2.24. The van der Waals surface area contributed by atoms with Gasteiger partial charge in [0.25, 0.3) is 0 Å². The van der Waals surface area contributed by atoms with Gasteiger partial charge in [-0.05, 0) is 25.1 Å². The molecule has 25 heavy (non-hydrogen) atoms. The van der Waals surface area contributed by atoms with Crippen LogP contribution in [0.25, 0.3) is 11.3 Å². The molecule has 0 radical (unpaired) electrons. The minimum atomic E-state index is 0.339. The van der Waals surface area contributed by atoms with Crippen molar-refractivity contribution in [3.8, 4) is 11.3 Å². The molecule has 0 amide bonds. The maximum Gasteiger partial charge on any atom is 0.223 e. The lowest BCUT2D eigenvalue weighted by Crippen LogP contribution is -2.39. The Labute approximate surface area is 157 Å². The molecule has 0 aliphatic carbocycles. The summed E-state index contributed by atoms with van der Waals surface area (Å²) in [6.07, 6.45) is 1.95. The van der Waals surface area contributed by atoms with Crippen LogP contribution < -0.4 is 5.32 Å². The number of thioether (sulfide) groups is 1. The Morgan fingerprint density at radius 3 is 3.04 bits per heavy atom. The molecule has 2 aliphatic heterocycles. The zero-order valence-electron chi connectivity index (χ0n) is 14.2. The fourth-order valence-electron chi connectivity index (χ4n) is 3.18. The number of rotatable bonds is 4. The van der Waals surface area contributed by atoms with E-state index in [0.717, 1.165) is 55.7 Å². The summed E-state index contributed by atoms with van der Waals surface area (Å²) in [5.41, 5.74) is 3.26. The number of hydrogen-bond acceptors (Lipinski definition) is 6. The molecule has 132 valence electrons. The van der Waals surface area contributed by atoms with Gasteiger partial charge in [-0.2, -0.15) is 0 Å². The van der Waals surface area contributed by atoms with E-state index >= 15 is 0 Å². The summed E-state index contributed by atoms with van der Waals surface area (Å²) in [5.74, 6) is 0.678. The summed E-state index contributed by atoms with van der Waals surface area (Å²) in [7, 11) is 0. The standard InChI is InChI=1S/C18H21ClN4OS/c1-12-15-11-21-18(20-4-5-23-6-8-24-9-7-23)22-17(15)14-10-13(19)2-3-16(14)25-12/h2-3,10-12H,4-9H2,1H3,(H,20,21,22). The molecular formula is C18H21ClN4OS. The number of morpholine rings is 1. The molecule has 0 spiro atoms. The minimum Gasteiger partial charge on any atom is -0.379 e. The van der Waals surface area contributed by atoms with Crippen LogP contribution in [0.15, 0.2) is 29.3 Å². The quantitative estimate of drug-likeness (QED) is 0.877. The van der Waals surface area contributed by atoms with Gasteiger partial charge in [0, 0.05) is 58.7 Å². The molecule has 0 saturated carbocycles. The number of hydrogen-bond donors (Lipinski definition) is 1. The third-order valence-electron chi connectivity index (χ3n) is 4.57. The molecule has 2 aliphatic rings. The van der Waals surface area contributed by atoms with E-state index in [2.05, 4.69) is 28.2 Å². The predicted octanol–water partition coefficient (Wildman–Crippen LogP) is 3.71. The van der Waals surface area contributed by atoms with Crippen molar-refractivity contribution in [2.45, 2.75) is 17.1 Å². The Hall–Kier alpha value is -1.34. The first-order valence-corrected chi connectivity index (χ1v) is 9.84. The van der Waals surface area contributed by atoms with Crippen molar-refractivity contribution >= 4 is 29.3 Å². The molecule has 5 nitrogen and oxygen atoms in total. The maximum absolute atomic E-state index is 6.20. The Morgan fingerprint density at radius 2 is 2.20 bits per heavy atom. The molecule has 1 aromatic carbocycles. The molecular weight excluding hydrogens is 356 g/mol. The van der Waals surface area contributed by atoms with Crippen LogP contribution in [0, 0.1) is 0 Å². The summed E-state index contributed by atoms with van der Waals surface area (Å²) >= 11 is 8.03. The van der Waals surface area contributed by atoms with Gasteiger partial charge >= 0.3 is 0 Å². The van der Waals surface area contributed by atoms with E-state index in [1.807, 2.05) is 30.1 Å². The smallest absolute Gasteiger partial charge is 0.223 e. The Kier molecular flexibility index (Phi) is 5.12. The van der Waals surface area contributed by atoms with E-state index in [1.54, 1.807) is 0 Å². The molecule has 4 rings (SSSR count). The number of fused-ring (bicyclic) bond motifs is 3. The lowest BCUT2D eigenvalue weighted by Gasteiger charge is -2.26. The third kappa shape index (κ3) is 3.77. The predicted molar refractivity (Wildman–Crippen MR) is 102 cm³/mol. The van der Waals surface area contributed by atoms with Gasteiger partial charge < -0.3 is 10.1 Å². The molecule has 2 aromatic rings. The van der Waals surface area contributed by atoms with Crippen molar-refractivity contribution in [2.24, 2.45) is 0 Å². The van der Waals surface area contributed by atoms with Gasteiger partial charge in [-0.15, -0.1) is 11.8 Å². The average Bonchev–Trinajstić information content (AvgIpc) is 2.63. The van der Waals surface area contributed by atoms with Gasteiger partial charge in [0.15, 0.2) is 0 Å². The van der Waals surface area contributed by atoms with Crippen LogP contribution in [0.4, 0.5) is 5.95 Å². The lowest BCUT2D eigenvalue weighted by atomic mass is 10.0. The number of anilines is 1. The second-order valence-electron chi connectivity index (χ2n) is 6.28. The SMILES string of the molecule is CC1Sc2ccc(Cl)cc2-c2nc(NCCN3CCOCC3)ncc21. The topological polar surface area (TPSA) is 50.3 Å². The van der Waals surface area contributed by atoms with E-state index in [9.17, 15) is 0 Å². The number of nitrogens with one attached hydrogen (secondary N) is 1. The molecule has 1 unspecified atom stereocenters. The zero-order valence-corrected chi connectivity index (χ0v) is 15.7. The highest BCUT2D eigenvalue weighted by molar-refractivity contribution is 7.99. The van der Waals surface area contributed by atoms with Crippen LogP contribution in [0.1, 0.15) is 17.7 Å². The summed E-state index contributed by atoms with van der Waals surface area (Å²) in [6.45, 7) is 7.62. The summed E-state index contributed by atoms with van der Waals surface area (Å²) < 4.78 is 5.38. The summed E-state index contributed by atoms with van der Waals surface area (Å²) in [5, 5.41) is 4.43. The van der Waals surface area contributed by atoms with E-state index in [-0.39, 0.29) is 0 Å². The molecule has 1 atom stereocenters. The monoisotopic (exact) mass is 376 g/mol. The van der Waals surface area contributed by atoms with Crippen molar-refractivity contribution in [3.63, 3.8) is 0 Å². The second-order valence-corrected chi connectivity index (χ2v) is 8.10. The lowest BCUT2D eigenvalue weighted by molar-refractivity contribution is 0.0398. The highest BCUT2D eigenvalue weighted by Crippen LogP contribution is 2.48. The Morgan fingerprint density at radius 1 is 1.36 bits per heavy atom. The third-order valence-corrected chi connectivity index (χ3v) is 6.02. The number of benzene rings is 1. The van der Waals surface area contributed by atoms with E-state index in [0.29, 0.717) is 11.2 Å². The fraction of sp³-hybridized carbons (Fsp3) is 0.444. The summed E-state index contributed by atoms with van der Waals surface area (Å²) in [4.78, 5) is 12.9. The number of nitrogens with zero attached hydrogens (tertiary/aromatic N) is 3. The van der Waals surface area contributed by atoms with Crippen molar-refractivity contribution in [1.82, 2.24) is 14.9 Å². The molecule has 3 heterocycles. The maximum atomic E-state index is 6.20. The number of ether oxygens (including phenoxy) is 1. The molecule has 1 fully saturated rings. The summed E-state index contributed by atoms with van der Waals surface area (Å²) in [6, 6.07) is 6.02. The van der Waals surface area contributed by atoms with Gasteiger partial charge in [-0.3, -0.25) is 4.90 Å². The van der Waals surface area contributed by atoms with Gasteiger partial charge in [0.1, 0.15) is 0 Å². The van der Waals surface area contributed by atoms with Crippen LogP contribution in [0.2, 0.25) is 5.02 Å². The van der Waals surface area contributed by atoms with Gasteiger partial charge in [0.05, 0.1) is 18.9 Å². The van der Waals surface area contributed by atoms with Gasteiger partial charge in [0.2, 0.25) is 5.95 Å². The molecule has 0 bridgehead atoms. The Bertz CT molecular complexity index is 767. The largest absolute Gasteiger partial charge is 0.379 e. The highest BCUT2D eigenvalue weighted by atomic mass is 35.5. The number of halogens is 1. The first-order chi connectivity index (χ1) is 12.2. The van der Waals surface area contributed by atoms with Crippen LogP contribution in [-0.4, -0.2) is 54.3 Å². The van der Waals surface area contributed by atoms with Crippen molar-refractivity contribution < 1.29 is 4.74 Å². The van der Waals surface area contributed by atoms with Gasteiger partial charge in [-0.1, -0.05) is 11.6 Å². The minimum absolute atomic E-state index is 0.339.